The van der Waals surface area contributed by atoms with Crippen molar-refractivity contribution < 1.29 is 4.21 Å². The van der Waals surface area contributed by atoms with Crippen LogP contribution >= 0.6 is 11.8 Å². The third-order valence-electron chi connectivity index (χ3n) is 2.13. The maximum Gasteiger partial charge on any atom is 0.0249 e. The van der Waals surface area contributed by atoms with E-state index in [1.807, 2.05) is 11.8 Å². The lowest BCUT2D eigenvalue weighted by atomic mass is 10.1. The van der Waals surface area contributed by atoms with E-state index in [0.717, 1.165) is 30.9 Å². The highest BCUT2D eigenvalue weighted by molar-refractivity contribution is 7.98. The van der Waals surface area contributed by atoms with Gasteiger partial charge >= 0.3 is 0 Å². The van der Waals surface area contributed by atoms with Crippen molar-refractivity contribution in [1.82, 2.24) is 5.32 Å². The number of nitrogens with one attached hydrogen (secondary N) is 1. The zero-order valence-electron chi connectivity index (χ0n) is 7.54. The van der Waals surface area contributed by atoms with Crippen LogP contribution in [0.25, 0.3) is 0 Å². The third kappa shape index (κ3) is 3.92. The first-order valence-electron chi connectivity index (χ1n) is 4.40. The van der Waals surface area contributed by atoms with Crippen molar-refractivity contribution in [3.05, 3.63) is 0 Å². The lowest BCUT2D eigenvalue weighted by Gasteiger charge is -2.22. The Kier molecular flexibility index (Phi) is 5.27. The molecule has 1 rings (SSSR count). The van der Waals surface area contributed by atoms with Gasteiger partial charge in [0.25, 0.3) is 0 Å². The van der Waals surface area contributed by atoms with Crippen LogP contribution < -0.4 is 5.32 Å². The summed E-state index contributed by atoms with van der Waals surface area (Å²) in [5, 5.41) is 3.49. The highest BCUT2D eigenvalue weighted by Gasteiger charge is 2.16. The molecule has 1 N–H and O–H groups in total. The van der Waals surface area contributed by atoms with E-state index >= 15 is 0 Å². The van der Waals surface area contributed by atoms with Crippen LogP contribution in [-0.4, -0.2) is 40.3 Å². The highest BCUT2D eigenvalue weighted by Crippen LogP contribution is 2.08. The summed E-state index contributed by atoms with van der Waals surface area (Å²) in [6.07, 6.45) is 4.32. The topological polar surface area (TPSA) is 29.1 Å². The Balaban J connectivity index is 2.05. The van der Waals surface area contributed by atoms with Crippen molar-refractivity contribution in [3.63, 3.8) is 0 Å². The molecule has 1 aliphatic rings. The summed E-state index contributed by atoms with van der Waals surface area (Å²) in [7, 11) is -0.513. The molecular weight excluding hydrogens is 190 g/mol. The van der Waals surface area contributed by atoms with Crippen LogP contribution in [0.5, 0.6) is 0 Å². The standard InChI is InChI=1S/C8H17NOS2/c1-11-5-4-9-8-2-6-12(10)7-3-8/h8-9H,2-7H2,1H3. The molecular formula is C8H17NOS2. The summed E-state index contributed by atoms with van der Waals surface area (Å²) in [5.41, 5.74) is 0. The molecule has 0 saturated carbocycles. The van der Waals surface area contributed by atoms with Crippen molar-refractivity contribution in [3.8, 4) is 0 Å². The van der Waals surface area contributed by atoms with E-state index in [4.69, 9.17) is 0 Å². The van der Waals surface area contributed by atoms with Gasteiger partial charge < -0.3 is 5.32 Å². The molecule has 1 saturated heterocycles. The van der Waals surface area contributed by atoms with Gasteiger partial charge in [-0.2, -0.15) is 11.8 Å². The van der Waals surface area contributed by atoms with Crippen molar-refractivity contribution in [2.45, 2.75) is 18.9 Å². The monoisotopic (exact) mass is 207 g/mol. The minimum absolute atomic E-state index is 0.513. The predicted octanol–water partition coefficient (Wildman–Crippen LogP) is 0.850. The second-order valence-electron chi connectivity index (χ2n) is 3.07. The van der Waals surface area contributed by atoms with Gasteiger partial charge in [0.1, 0.15) is 0 Å². The van der Waals surface area contributed by atoms with Crippen molar-refractivity contribution >= 4 is 22.6 Å². The molecule has 0 aromatic rings. The van der Waals surface area contributed by atoms with E-state index in [2.05, 4.69) is 11.6 Å². The minimum atomic E-state index is -0.513. The molecule has 2 nitrogen and oxygen atoms in total. The minimum Gasteiger partial charge on any atom is -0.313 e. The quantitative estimate of drug-likeness (QED) is 0.693. The summed E-state index contributed by atoms with van der Waals surface area (Å²) >= 11 is 1.87. The largest absolute Gasteiger partial charge is 0.313 e. The summed E-state index contributed by atoms with van der Waals surface area (Å²) < 4.78 is 11.0. The Morgan fingerprint density at radius 3 is 2.75 bits per heavy atom. The summed E-state index contributed by atoms with van der Waals surface area (Å²) in [4.78, 5) is 0. The number of thioether (sulfide) groups is 1. The average Bonchev–Trinajstić information content (AvgIpc) is 2.09. The van der Waals surface area contributed by atoms with Crippen LogP contribution in [0.3, 0.4) is 0 Å². The van der Waals surface area contributed by atoms with Crippen LogP contribution in [0, 0.1) is 0 Å². The molecule has 4 heteroatoms. The third-order valence-corrected chi connectivity index (χ3v) is 4.12. The molecule has 0 unspecified atom stereocenters. The SMILES string of the molecule is CSCCNC1CCS(=O)CC1. The van der Waals surface area contributed by atoms with Gasteiger partial charge in [0.15, 0.2) is 0 Å². The second-order valence-corrected chi connectivity index (χ2v) is 5.75. The van der Waals surface area contributed by atoms with Crippen LogP contribution in [0.4, 0.5) is 0 Å². The van der Waals surface area contributed by atoms with Crippen LogP contribution in [0.1, 0.15) is 12.8 Å². The Labute approximate surface area is 81.3 Å². The van der Waals surface area contributed by atoms with Crippen LogP contribution in [-0.2, 0) is 10.8 Å². The first kappa shape index (κ1) is 10.5. The van der Waals surface area contributed by atoms with Crippen molar-refractivity contribution in [2.24, 2.45) is 0 Å². The van der Waals surface area contributed by atoms with Crippen LogP contribution in [0.2, 0.25) is 0 Å². The summed E-state index contributed by atoms with van der Waals surface area (Å²) in [6.45, 7) is 1.10. The molecule has 0 aliphatic carbocycles. The van der Waals surface area contributed by atoms with E-state index in [-0.39, 0.29) is 0 Å². The molecule has 1 fully saturated rings. The first-order chi connectivity index (χ1) is 5.83. The Hall–Kier alpha value is 0.460. The number of hydrogen-bond donors (Lipinski definition) is 1. The van der Waals surface area contributed by atoms with E-state index in [9.17, 15) is 4.21 Å². The number of rotatable bonds is 4. The Bertz CT molecular complexity index is 142. The van der Waals surface area contributed by atoms with E-state index < -0.39 is 10.8 Å². The molecule has 0 aromatic heterocycles. The number of hydrogen-bond acceptors (Lipinski definition) is 3. The zero-order valence-corrected chi connectivity index (χ0v) is 9.18. The van der Waals surface area contributed by atoms with Crippen LogP contribution in [0.15, 0.2) is 0 Å². The van der Waals surface area contributed by atoms with Gasteiger partial charge in [-0.05, 0) is 19.1 Å². The molecule has 1 aliphatic heterocycles. The first-order valence-corrected chi connectivity index (χ1v) is 7.28. The maximum absolute atomic E-state index is 11.0. The average molecular weight is 207 g/mol. The smallest absolute Gasteiger partial charge is 0.0249 e. The molecule has 72 valence electrons. The molecule has 0 atom stereocenters. The van der Waals surface area contributed by atoms with Gasteiger partial charge in [-0.3, -0.25) is 4.21 Å². The molecule has 1 heterocycles. The van der Waals surface area contributed by atoms with E-state index in [1.165, 1.54) is 5.75 Å². The molecule has 0 spiro atoms. The van der Waals surface area contributed by atoms with Gasteiger partial charge in [0.2, 0.25) is 0 Å². The molecule has 12 heavy (non-hydrogen) atoms. The molecule has 0 bridgehead atoms. The maximum atomic E-state index is 11.0. The molecule has 0 radical (unpaired) electrons. The van der Waals surface area contributed by atoms with Gasteiger partial charge in [-0.1, -0.05) is 0 Å². The van der Waals surface area contributed by atoms with Crippen molar-refractivity contribution in [2.75, 3.05) is 30.1 Å². The fourth-order valence-corrected chi connectivity index (χ4v) is 2.98. The van der Waals surface area contributed by atoms with E-state index in [0.29, 0.717) is 6.04 Å². The fraction of sp³-hybridized carbons (Fsp3) is 1.00. The summed E-state index contributed by atoms with van der Waals surface area (Å²) in [6, 6.07) is 0.634. The Morgan fingerprint density at radius 2 is 2.17 bits per heavy atom. The van der Waals surface area contributed by atoms with Gasteiger partial charge in [0, 0.05) is 40.6 Å². The fourth-order valence-electron chi connectivity index (χ4n) is 1.36. The lowest BCUT2D eigenvalue weighted by Crippen LogP contribution is -2.36. The Morgan fingerprint density at radius 1 is 1.50 bits per heavy atom. The molecule has 0 aromatic carbocycles. The highest BCUT2D eigenvalue weighted by atomic mass is 32.2. The van der Waals surface area contributed by atoms with E-state index in [1.54, 1.807) is 0 Å². The summed E-state index contributed by atoms with van der Waals surface area (Å²) in [5.74, 6) is 2.98. The predicted molar refractivity (Wildman–Crippen MR) is 57.3 cm³/mol. The van der Waals surface area contributed by atoms with Crippen molar-refractivity contribution in [1.29, 1.82) is 0 Å². The normalized spacial score (nSPS) is 30.4. The van der Waals surface area contributed by atoms with Gasteiger partial charge in [-0.25, -0.2) is 0 Å². The lowest BCUT2D eigenvalue weighted by molar-refractivity contribution is 0.491. The molecule has 0 amide bonds. The van der Waals surface area contributed by atoms with Gasteiger partial charge in [0.05, 0.1) is 0 Å². The second kappa shape index (κ2) is 6.00. The zero-order chi connectivity index (χ0) is 8.81. The van der Waals surface area contributed by atoms with Gasteiger partial charge in [-0.15, -0.1) is 0 Å².